The molecule has 4 rings (SSSR count). The van der Waals surface area contributed by atoms with Crippen molar-refractivity contribution < 1.29 is 14.3 Å². The SMILES string of the molecule is COc1ccccc1Oc1ccnc(-c2cccc(C(=O)N[C@@H](C)c3ccc(C)cc3)c2)n1. The highest BCUT2D eigenvalue weighted by molar-refractivity contribution is 5.95. The predicted octanol–water partition coefficient (Wildman–Crippen LogP) is 5.74. The Labute approximate surface area is 193 Å². The maximum atomic E-state index is 12.9. The molecule has 0 aliphatic heterocycles. The lowest BCUT2D eigenvalue weighted by molar-refractivity contribution is 0.0940. The molecule has 166 valence electrons. The van der Waals surface area contributed by atoms with Gasteiger partial charge in [0.1, 0.15) is 0 Å². The van der Waals surface area contributed by atoms with Gasteiger partial charge in [0, 0.05) is 23.4 Å². The molecule has 0 fully saturated rings. The van der Waals surface area contributed by atoms with Crippen molar-refractivity contribution in [3.63, 3.8) is 0 Å². The quantitative estimate of drug-likeness (QED) is 0.397. The first-order chi connectivity index (χ1) is 16.0. The monoisotopic (exact) mass is 439 g/mol. The van der Waals surface area contributed by atoms with Crippen LogP contribution in [0.4, 0.5) is 0 Å². The van der Waals surface area contributed by atoms with Crippen molar-refractivity contribution in [1.29, 1.82) is 0 Å². The van der Waals surface area contributed by atoms with E-state index in [9.17, 15) is 4.79 Å². The van der Waals surface area contributed by atoms with Crippen LogP contribution < -0.4 is 14.8 Å². The number of carbonyl (C=O) groups excluding carboxylic acids is 1. The Kier molecular flexibility index (Phi) is 6.64. The van der Waals surface area contributed by atoms with E-state index in [1.54, 1.807) is 37.6 Å². The fourth-order valence-corrected chi connectivity index (χ4v) is 3.37. The van der Waals surface area contributed by atoms with Crippen LogP contribution in [0.2, 0.25) is 0 Å². The molecule has 0 aliphatic rings. The first-order valence-electron chi connectivity index (χ1n) is 10.7. The van der Waals surface area contributed by atoms with Crippen molar-refractivity contribution in [3.05, 3.63) is 102 Å². The molecule has 1 atom stereocenters. The summed E-state index contributed by atoms with van der Waals surface area (Å²) < 4.78 is 11.2. The average molecular weight is 440 g/mol. The number of carbonyl (C=O) groups is 1. The number of rotatable bonds is 7. The molecule has 6 nitrogen and oxygen atoms in total. The Morgan fingerprint density at radius 2 is 1.70 bits per heavy atom. The number of ether oxygens (including phenoxy) is 2. The number of nitrogens with zero attached hydrogens (tertiary/aromatic N) is 2. The lowest BCUT2D eigenvalue weighted by Gasteiger charge is -2.15. The van der Waals surface area contributed by atoms with E-state index in [1.807, 2.05) is 68.4 Å². The first kappa shape index (κ1) is 22.0. The number of aromatic nitrogens is 2. The number of aryl methyl sites for hydroxylation is 1. The number of amides is 1. The van der Waals surface area contributed by atoms with Crippen molar-refractivity contribution in [2.24, 2.45) is 0 Å². The molecule has 1 amide bonds. The first-order valence-corrected chi connectivity index (χ1v) is 10.7. The molecule has 0 unspecified atom stereocenters. The summed E-state index contributed by atoms with van der Waals surface area (Å²) in [5.74, 6) is 1.85. The van der Waals surface area contributed by atoms with Gasteiger partial charge in [0.2, 0.25) is 5.88 Å². The number of para-hydroxylation sites is 2. The second-order valence-corrected chi connectivity index (χ2v) is 7.66. The van der Waals surface area contributed by atoms with Gasteiger partial charge in [0.15, 0.2) is 17.3 Å². The van der Waals surface area contributed by atoms with Gasteiger partial charge in [-0.2, -0.15) is 4.98 Å². The Hall–Kier alpha value is -4.19. The molecular weight excluding hydrogens is 414 g/mol. The largest absolute Gasteiger partial charge is 0.493 e. The molecule has 33 heavy (non-hydrogen) atoms. The van der Waals surface area contributed by atoms with E-state index in [0.717, 1.165) is 11.1 Å². The Morgan fingerprint density at radius 3 is 2.45 bits per heavy atom. The smallest absolute Gasteiger partial charge is 0.251 e. The molecule has 0 bridgehead atoms. The summed E-state index contributed by atoms with van der Waals surface area (Å²) in [5.41, 5.74) is 3.48. The van der Waals surface area contributed by atoms with Gasteiger partial charge in [0.05, 0.1) is 13.2 Å². The van der Waals surface area contributed by atoms with Gasteiger partial charge >= 0.3 is 0 Å². The van der Waals surface area contributed by atoms with Crippen LogP contribution in [0.3, 0.4) is 0 Å². The van der Waals surface area contributed by atoms with Crippen molar-refractivity contribution >= 4 is 5.91 Å². The highest BCUT2D eigenvalue weighted by Crippen LogP contribution is 2.30. The second kappa shape index (κ2) is 9.96. The maximum absolute atomic E-state index is 12.9. The molecule has 6 heteroatoms. The Morgan fingerprint density at radius 1 is 0.939 bits per heavy atom. The van der Waals surface area contributed by atoms with Crippen LogP contribution in [0.15, 0.2) is 85.1 Å². The van der Waals surface area contributed by atoms with Crippen molar-refractivity contribution in [2.75, 3.05) is 7.11 Å². The number of hydrogen-bond acceptors (Lipinski definition) is 5. The average Bonchev–Trinajstić information content (AvgIpc) is 2.85. The van der Waals surface area contributed by atoms with E-state index in [0.29, 0.717) is 28.8 Å². The summed E-state index contributed by atoms with van der Waals surface area (Å²) in [5, 5.41) is 3.05. The zero-order valence-electron chi connectivity index (χ0n) is 18.8. The van der Waals surface area contributed by atoms with Crippen LogP contribution in [0.1, 0.15) is 34.5 Å². The molecule has 1 N–H and O–H groups in total. The number of hydrogen-bond donors (Lipinski definition) is 1. The van der Waals surface area contributed by atoms with E-state index in [-0.39, 0.29) is 11.9 Å². The van der Waals surface area contributed by atoms with Crippen LogP contribution in [-0.4, -0.2) is 23.0 Å². The number of methoxy groups -OCH3 is 1. The third-order valence-corrected chi connectivity index (χ3v) is 5.22. The summed E-state index contributed by atoms with van der Waals surface area (Å²) in [6.07, 6.45) is 1.62. The van der Waals surface area contributed by atoms with Crippen LogP contribution in [-0.2, 0) is 0 Å². The van der Waals surface area contributed by atoms with E-state index in [1.165, 1.54) is 5.56 Å². The summed E-state index contributed by atoms with van der Waals surface area (Å²) in [7, 11) is 1.59. The lowest BCUT2D eigenvalue weighted by Crippen LogP contribution is -2.26. The van der Waals surface area contributed by atoms with Crippen LogP contribution in [0, 0.1) is 6.92 Å². The highest BCUT2D eigenvalue weighted by Gasteiger charge is 2.14. The van der Waals surface area contributed by atoms with Gasteiger partial charge < -0.3 is 14.8 Å². The molecule has 3 aromatic carbocycles. The van der Waals surface area contributed by atoms with Crippen molar-refractivity contribution in [2.45, 2.75) is 19.9 Å². The predicted molar refractivity (Wildman–Crippen MR) is 128 cm³/mol. The van der Waals surface area contributed by atoms with Gasteiger partial charge in [-0.15, -0.1) is 0 Å². The third kappa shape index (κ3) is 5.36. The van der Waals surface area contributed by atoms with Crippen LogP contribution in [0.5, 0.6) is 17.4 Å². The molecule has 0 radical (unpaired) electrons. The minimum atomic E-state index is -0.161. The van der Waals surface area contributed by atoms with Crippen molar-refractivity contribution in [1.82, 2.24) is 15.3 Å². The molecule has 4 aromatic rings. The van der Waals surface area contributed by atoms with Crippen molar-refractivity contribution in [3.8, 4) is 28.8 Å². The summed E-state index contributed by atoms with van der Waals surface area (Å²) >= 11 is 0. The molecule has 0 spiro atoms. The summed E-state index contributed by atoms with van der Waals surface area (Å²) in [6.45, 7) is 4.01. The molecule has 1 aromatic heterocycles. The van der Waals surface area contributed by atoms with E-state index in [2.05, 4.69) is 15.3 Å². The maximum Gasteiger partial charge on any atom is 0.251 e. The Bertz CT molecular complexity index is 1260. The molecule has 0 aliphatic carbocycles. The lowest BCUT2D eigenvalue weighted by atomic mass is 10.1. The Balaban J connectivity index is 1.52. The normalized spacial score (nSPS) is 11.5. The summed E-state index contributed by atoms with van der Waals surface area (Å²) in [6, 6.07) is 24.3. The van der Waals surface area contributed by atoms with E-state index < -0.39 is 0 Å². The fourth-order valence-electron chi connectivity index (χ4n) is 3.37. The van der Waals surface area contributed by atoms with Gasteiger partial charge in [0.25, 0.3) is 5.91 Å². The fraction of sp³-hybridized carbons (Fsp3) is 0.148. The summed E-state index contributed by atoms with van der Waals surface area (Å²) in [4.78, 5) is 21.7. The third-order valence-electron chi connectivity index (χ3n) is 5.22. The van der Waals surface area contributed by atoms with E-state index >= 15 is 0 Å². The van der Waals surface area contributed by atoms with Gasteiger partial charge in [-0.25, -0.2) is 4.98 Å². The molecule has 1 heterocycles. The standard InChI is InChI=1S/C27H25N3O3/c1-18-11-13-20(14-12-18)19(2)29-27(31)22-8-6-7-21(17-22)26-28-16-15-25(30-26)33-24-10-5-4-9-23(24)32-3/h4-17,19H,1-3H3,(H,29,31)/t19-/m0/s1. The molecule has 0 saturated carbocycles. The zero-order chi connectivity index (χ0) is 23.2. The zero-order valence-corrected chi connectivity index (χ0v) is 18.8. The van der Waals surface area contributed by atoms with Gasteiger partial charge in [-0.05, 0) is 43.7 Å². The molecule has 0 saturated heterocycles. The molecular formula is C27H25N3O3. The number of benzene rings is 3. The minimum Gasteiger partial charge on any atom is -0.493 e. The van der Waals surface area contributed by atoms with Crippen LogP contribution >= 0.6 is 0 Å². The highest BCUT2D eigenvalue weighted by atomic mass is 16.5. The topological polar surface area (TPSA) is 73.3 Å². The van der Waals surface area contributed by atoms with Gasteiger partial charge in [-0.3, -0.25) is 4.79 Å². The van der Waals surface area contributed by atoms with Gasteiger partial charge in [-0.1, -0.05) is 54.1 Å². The second-order valence-electron chi connectivity index (χ2n) is 7.66. The number of nitrogens with one attached hydrogen (secondary N) is 1. The minimum absolute atomic E-state index is 0.115. The van der Waals surface area contributed by atoms with E-state index in [4.69, 9.17) is 9.47 Å². The van der Waals surface area contributed by atoms with Crippen LogP contribution in [0.25, 0.3) is 11.4 Å².